The lowest BCUT2D eigenvalue weighted by molar-refractivity contribution is -0.119. The van der Waals surface area contributed by atoms with Gasteiger partial charge in [0.1, 0.15) is 0 Å². The van der Waals surface area contributed by atoms with Crippen molar-refractivity contribution in [2.45, 2.75) is 11.8 Å². The number of benzene rings is 2. The van der Waals surface area contributed by atoms with Gasteiger partial charge in [-0.1, -0.05) is 6.07 Å². The van der Waals surface area contributed by atoms with Crippen molar-refractivity contribution in [3.8, 4) is 5.69 Å². The Morgan fingerprint density at radius 2 is 1.81 bits per heavy atom. The normalized spacial score (nSPS) is 11.4. The summed E-state index contributed by atoms with van der Waals surface area (Å²) in [6.07, 6.45) is 1.58. The maximum Gasteiger partial charge on any atom is 0.338 e. The number of nitrogens with one attached hydrogen (secondary N) is 2. The minimum Gasteiger partial charge on any atom is -0.452 e. The first-order chi connectivity index (χ1) is 15.1. The van der Waals surface area contributed by atoms with Gasteiger partial charge in [-0.05, 0) is 49.4 Å². The van der Waals surface area contributed by atoms with Gasteiger partial charge in [0.15, 0.2) is 6.61 Å². The van der Waals surface area contributed by atoms with Crippen LogP contribution >= 0.6 is 0 Å². The number of sulfonamides is 1. The molecular weight excluding hydrogens is 436 g/mol. The number of rotatable bonds is 7. The summed E-state index contributed by atoms with van der Waals surface area (Å²) in [4.78, 5) is 38.8. The molecular formula is C21H22N4O6S. The molecule has 0 aliphatic carbocycles. The van der Waals surface area contributed by atoms with Crippen molar-refractivity contribution in [1.82, 2.24) is 13.9 Å². The molecule has 0 aliphatic rings. The van der Waals surface area contributed by atoms with E-state index in [4.69, 9.17) is 4.74 Å². The highest BCUT2D eigenvalue weighted by atomic mass is 32.2. The van der Waals surface area contributed by atoms with Crippen molar-refractivity contribution in [3.63, 3.8) is 0 Å². The van der Waals surface area contributed by atoms with Gasteiger partial charge < -0.3 is 15.0 Å². The molecule has 11 heteroatoms. The first-order valence-corrected chi connectivity index (χ1v) is 10.9. The lowest BCUT2D eigenvalue weighted by Gasteiger charge is -2.12. The molecule has 0 saturated heterocycles. The average Bonchev–Trinajstić information content (AvgIpc) is 3.10. The van der Waals surface area contributed by atoms with Crippen LogP contribution in [0.3, 0.4) is 0 Å². The molecule has 32 heavy (non-hydrogen) atoms. The first-order valence-electron chi connectivity index (χ1n) is 9.46. The molecule has 2 aromatic carbocycles. The van der Waals surface area contributed by atoms with Crippen LogP contribution in [0.1, 0.15) is 16.1 Å². The number of esters is 1. The summed E-state index contributed by atoms with van der Waals surface area (Å²) in [5.41, 5.74) is 1.46. The third-order valence-corrected chi connectivity index (χ3v) is 6.36. The van der Waals surface area contributed by atoms with Crippen LogP contribution in [0.15, 0.2) is 64.4 Å². The molecule has 10 nitrogen and oxygen atoms in total. The highest BCUT2D eigenvalue weighted by Crippen LogP contribution is 2.18. The van der Waals surface area contributed by atoms with E-state index in [9.17, 15) is 22.8 Å². The number of hydrogen-bond donors (Lipinski definition) is 2. The maximum atomic E-state index is 12.2. The SMILES string of the molecule is Cc1c[nH]c(=O)n1-c1ccc(C(=O)OCC(=O)Nc2cccc(S(=O)(=O)N(C)C)c2)cc1. The van der Waals surface area contributed by atoms with Crippen LogP contribution in [0, 0.1) is 6.92 Å². The van der Waals surface area contributed by atoms with E-state index in [1.165, 1.54) is 55.1 Å². The second kappa shape index (κ2) is 9.20. The fraction of sp³-hybridized carbons (Fsp3) is 0.190. The van der Waals surface area contributed by atoms with Crippen molar-refractivity contribution in [2.24, 2.45) is 0 Å². The summed E-state index contributed by atoms with van der Waals surface area (Å²) in [6, 6.07) is 11.9. The highest BCUT2D eigenvalue weighted by molar-refractivity contribution is 7.89. The van der Waals surface area contributed by atoms with Gasteiger partial charge >= 0.3 is 11.7 Å². The maximum absolute atomic E-state index is 12.2. The summed E-state index contributed by atoms with van der Waals surface area (Å²) < 4.78 is 31.9. The number of imidazole rings is 1. The van der Waals surface area contributed by atoms with E-state index in [1.54, 1.807) is 25.3 Å². The van der Waals surface area contributed by atoms with E-state index in [1.807, 2.05) is 0 Å². The molecule has 0 aliphatic heterocycles. The fourth-order valence-corrected chi connectivity index (χ4v) is 3.83. The summed E-state index contributed by atoms with van der Waals surface area (Å²) in [5, 5.41) is 2.50. The average molecular weight is 458 g/mol. The molecule has 2 N–H and O–H groups in total. The number of aryl methyl sites for hydroxylation is 1. The molecule has 1 aromatic heterocycles. The Morgan fingerprint density at radius 3 is 2.41 bits per heavy atom. The number of aromatic amines is 1. The van der Waals surface area contributed by atoms with E-state index in [0.29, 0.717) is 11.4 Å². The van der Waals surface area contributed by atoms with Crippen molar-refractivity contribution < 1.29 is 22.7 Å². The molecule has 1 amide bonds. The van der Waals surface area contributed by atoms with Crippen LogP contribution in [0.25, 0.3) is 5.69 Å². The number of amides is 1. The smallest absolute Gasteiger partial charge is 0.338 e. The van der Waals surface area contributed by atoms with E-state index < -0.39 is 28.5 Å². The first kappa shape index (κ1) is 23.0. The van der Waals surface area contributed by atoms with Crippen LogP contribution in [0.4, 0.5) is 5.69 Å². The number of hydrogen-bond acceptors (Lipinski definition) is 6. The molecule has 0 bridgehead atoms. The fourth-order valence-electron chi connectivity index (χ4n) is 2.88. The minimum absolute atomic E-state index is 0.0224. The van der Waals surface area contributed by atoms with Crippen molar-refractivity contribution in [2.75, 3.05) is 26.0 Å². The van der Waals surface area contributed by atoms with E-state index in [2.05, 4.69) is 10.3 Å². The molecule has 0 spiro atoms. The minimum atomic E-state index is -3.65. The largest absolute Gasteiger partial charge is 0.452 e. The Kier molecular flexibility index (Phi) is 6.61. The third kappa shape index (κ3) is 4.95. The molecule has 3 rings (SSSR count). The molecule has 1 heterocycles. The quantitative estimate of drug-likeness (QED) is 0.516. The Bertz CT molecular complexity index is 1310. The van der Waals surface area contributed by atoms with Gasteiger partial charge in [0.05, 0.1) is 16.1 Å². The zero-order chi connectivity index (χ0) is 23.5. The van der Waals surface area contributed by atoms with Gasteiger partial charge in [0, 0.05) is 31.7 Å². The zero-order valence-corrected chi connectivity index (χ0v) is 18.5. The standard InChI is InChI=1S/C21H22N4O6S/c1-14-12-22-21(28)25(14)17-9-7-15(8-10-17)20(27)31-13-19(26)23-16-5-4-6-18(11-16)32(29,30)24(2)3/h4-12H,13H2,1-3H3,(H,22,28)(H,23,26). The molecule has 3 aromatic rings. The number of anilines is 1. The van der Waals surface area contributed by atoms with Gasteiger partial charge in [0.25, 0.3) is 5.91 Å². The molecule has 0 saturated carbocycles. The molecule has 0 atom stereocenters. The van der Waals surface area contributed by atoms with Gasteiger partial charge in [-0.25, -0.2) is 22.3 Å². The van der Waals surface area contributed by atoms with Gasteiger partial charge in [-0.2, -0.15) is 0 Å². The van der Waals surface area contributed by atoms with E-state index in [-0.39, 0.29) is 21.8 Å². The lowest BCUT2D eigenvalue weighted by Crippen LogP contribution is -2.23. The Labute approximate surface area is 184 Å². The third-order valence-electron chi connectivity index (χ3n) is 4.55. The van der Waals surface area contributed by atoms with Crippen LogP contribution in [0.2, 0.25) is 0 Å². The molecule has 0 radical (unpaired) electrons. The summed E-state index contributed by atoms with van der Waals surface area (Å²) in [5.74, 6) is -1.34. The van der Waals surface area contributed by atoms with Gasteiger partial charge in [-0.15, -0.1) is 0 Å². The van der Waals surface area contributed by atoms with Crippen LogP contribution < -0.4 is 11.0 Å². The Morgan fingerprint density at radius 1 is 1.12 bits per heavy atom. The van der Waals surface area contributed by atoms with Crippen LogP contribution in [-0.4, -0.2) is 54.9 Å². The second-order valence-corrected chi connectivity index (χ2v) is 9.21. The van der Waals surface area contributed by atoms with E-state index in [0.717, 1.165) is 4.31 Å². The van der Waals surface area contributed by atoms with Crippen molar-refractivity contribution in [3.05, 3.63) is 76.5 Å². The number of carbonyl (C=O) groups excluding carboxylic acids is 2. The predicted octanol–water partition coefficient (Wildman–Crippen LogP) is 1.52. The summed E-state index contributed by atoms with van der Waals surface area (Å²) >= 11 is 0. The second-order valence-electron chi connectivity index (χ2n) is 7.06. The van der Waals surface area contributed by atoms with Gasteiger partial charge in [0.2, 0.25) is 10.0 Å². The summed E-state index contributed by atoms with van der Waals surface area (Å²) in [7, 11) is -0.835. The number of ether oxygens (including phenoxy) is 1. The summed E-state index contributed by atoms with van der Waals surface area (Å²) in [6.45, 7) is 1.21. The van der Waals surface area contributed by atoms with Crippen LogP contribution in [0.5, 0.6) is 0 Å². The zero-order valence-electron chi connectivity index (χ0n) is 17.7. The lowest BCUT2D eigenvalue weighted by atomic mass is 10.2. The van der Waals surface area contributed by atoms with Crippen molar-refractivity contribution >= 4 is 27.6 Å². The Hall–Kier alpha value is -3.70. The predicted molar refractivity (Wildman–Crippen MR) is 117 cm³/mol. The monoisotopic (exact) mass is 458 g/mol. The number of aromatic nitrogens is 2. The van der Waals surface area contributed by atoms with Crippen molar-refractivity contribution in [1.29, 1.82) is 0 Å². The topological polar surface area (TPSA) is 131 Å². The molecule has 168 valence electrons. The number of carbonyl (C=O) groups is 2. The number of nitrogens with zero attached hydrogens (tertiary/aromatic N) is 2. The van der Waals surface area contributed by atoms with E-state index >= 15 is 0 Å². The molecule has 0 fully saturated rings. The Balaban J connectivity index is 1.61. The van der Waals surface area contributed by atoms with Crippen LogP contribution in [-0.2, 0) is 19.6 Å². The molecule has 0 unspecified atom stereocenters. The highest BCUT2D eigenvalue weighted by Gasteiger charge is 2.18. The number of H-pyrrole nitrogens is 1. The van der Waals surface area contributed by atoms with Gasteiger partial charge in [-0.3, -0.25) is 9.36 Å².